The minimum atomic E-state index is -3.81. The van der Waals surface area contributed by atoms with Crippen LogP contribution in [-0.4, -0.2) is 47.3 Å². The Bertz CT molecular complexity index is 1160. The number of carbonyl (C=O) groups is 1. The van der Waals surface area contributed by atoms with Crippen LogP contribution in [0.25, 0.3) is 0 Å². The summed E-state index contributed by atoms with van der Waals surface area (Å²) in [6.45, 7) is 0.302. The van der Waals surface area contributed by atoms with Gasteiger partial charge in [-0.25, -0.2) is 17.8 Å². The molecule has 2 atom stereocenters. The molecule has 1 aliphatic heterocycles. The van der Waals surface area contributed by atoms with Crippen molar-refractivity contribution in [3.63, 3.8) is 0 Å². The van der Waals surface area contributed by atoms with Gasteiger partial charge in [0.25, 0.3) is 15.9 Å². The number of hydrogen-bond donors (Lipinski definition) is 1. The third-order valence-corrected chi connectivity index (χ3v) is 6.92. The van der Waals surface area contributed by atoms with Crippen molar-refractivity contribution in [1.82, 2.24) is 19.2 Å². The van der Waals surface area contributed by atoms with Crippen LogP contribution in [0.4, 0.5) is 4.39 Å². The quantitative estimate of drug-likeness (QED) is 0.675. The Balaban J connectivity index is 1.62. The summed E-state index contributed by atoms with van der Waals surface area (Å²) in [6.07, 6.45) is 2.88. The molecule has 1 amide bonds. The van der Waals surface area contributed by atoms with Gasteiger partial charge >= 0.3 is 0 Å². The Hall–Kier alpha value is -3.04. The predicted molar refractivity (Wildman–Crippen MR) is 109 cm³/mol. The summed E-state index contributed by atoms with van der Waals surface area (Å²) in [5, 5.41) is 2.86. The van der Waals surface area contributed by atoms with Crippen molar-refractivity contribution in [3.8, 4) is 0 Å². The number of nitrogens with one attached hydrogen (secondary N) is 1. The Labute approximate surface area is 174 Å². The van der Waals surface area contributed by atoms with Crippen molar-refractivity contribution in [3.05, 3.63) is 84.1 Å². The second kappa shape index (κ2) is 8.00. The third-order valence-electron chi connectivity index (χ3n) is 5.20. The average molecular weight is 428 g/mol. The van der Waals surface area contributed by atoms with Gasteiger partial charge in [0.2, 0.25) is 0 Å². The maximum Gasteiger partial charge on any atom is 0.262 e. The van der Waals surface area contributed by atoms with Crippen LogP contribution < -0.4 is 5.32 Å². The highest BCUT2D eigenvalue weighted by Crippen LogP contribution is 2.31. The van der Waals surface area contributed by atoms with Crippen LogP contribution in [0, 0.1) is 5.82 Å². The molecule has 0 saturated carbocycles. The number of nitrogens with zero attached hydrogens (tertiary/aromatic N) is 3. The molecule has 2 heterocycles. The zero-order valence-electron chi connectivity index (χ0n) is 16.3. The number of halogens is 1. The molecule has 0 aliphatic carbocycles. The molecule has 1 aromatic heterocycles. The van der Waals surface area contributed by atoms with E-state index in [1.165, 1.54) is 35.0 Å². The van der Waals surface area contributed by atoms with Crippen molar-refractivity contribution in [2.45, 2.75) is 17.0 Å². The molecule has 2 aromatic carbocycles. The molecular weight excluding hydrogens is 407 g/mol. The van der Waals surface area contributed by atoms with Gasteiger partial charge in [-0.15, -0.1) is 0 Å². The molecule has 9 heteroatoms. The standard InChI is InChI=1S/C21H21FN4O3S/c1-25-13-20(23-14-25)30(28,29)26-11-18(15-6-3-2-4-7-15)19(12-26)24-21(27)16-8-5-9-17(22)10-16/h2-10,13-14,18-19H,11-12H2,1H3,(H,24,27). The van der Waals surface area contributed by atoms with E-state index >= 15 is 0 Å². The van der Waals surface area contributed by atoms with Crippen molar-refractivity contribution in [2.75, 3.05) is 13.1 Å². The molecule has 3 aromatic rings. The zero-order chi connectivity index (χ0) is 21.3. The first-order valence-corrected chi connectivity index (χ1v) is 10.9. The smallest absolute Gasteiger partial charge is 0.262 e. The van der Waals surface area contributed by atoms with Gasteiger partial charge in [0, 0.05) is 37.8 Å². The van der Waals surface area contributed by atoms with Crippen LogP contribution in [0.5, 0.6) is 0 Å². The van der Waals surface area contributed by atoms with E-state index in [0.717, 1.165) is 11.6 Å². The molecule has 7 nitrogen and oxygen atoms in total. The van der Waals surface area contributed by atoms with E-state index in [4.69, 9.17) is 0 Å². The van der Waals surface area contributed by atoms with Crippen molar-refractivity contribution < 1.29 is 17.6 Å². The Morgan fingerprint density at radius 3 is 2.57 bits per heavy atom. The molecule has 0 bridgehead atoms. The highest BCUT2D eigenvalue weighted by molar-refractivity contribution is 7.89. The van der Waals surface area contributed by atoms with Gasteiger partial charge in [-0.2, -0.15) is 4.31 Å². The molecule has 0 spiro atoms. The number of rotatable bonds is 5. The van der Waals surface area contributed by atoms with Gasteiger partial charge in [0.05, 0.1) is 12.4 Å². The first kappa shape index (κ1) is 20.2. The van der Waals surface area contributed by atoms with E-state index < -0.39 is 27.8 Å². The Morgan fingerprint density at radius 2 is 1.90 bits per heavy atom. The van der Waals surface area contributed by atoms with Gasteiger partial charge in [-0.3, -0.25) is 4.79 Å². The van der Waals surface area contributed by atoms with E-state index in [9.17, 15) is 17.6 Å². The van der Waals surface area contributed by atoms with Gasteiger partial charge < -0.3 is 9.88 Å². The molecule has 1 N–H and O–H groups in total. The predicted octanol–water partition coefficient (Wildman–Crippen LogP) is 2.15. The number of carbonyl (C=O) groups excluding carboxylic acids is 1. The van der Waals surface area contributed by atoms with E-state index in [2.05, 4.69) is 10.3 Å². The lowest BCUT2D eigenvalue weighted by Gasteiger charge is -2.20. The molecule has 30 heavy (non-hydrogen) atoms. The summed E-state index contributed by atoms with van der Waals surface area (Å²) in [5.74, 6) is -1.20. The summed E-state index contributed by atoms with van der Waals surface area (Å²) in [5.41, 5.74) is 1.11. The minimum absolute atomic E-state index is 0.0334. The second-order valence-electron chi connectivity index (χ2n) is 7.31. The van der Waals surface area contributed by atoms with Gasteiger partial charge in [0.15, 0.2) is 5.03 Å². The fraction of sp³-hybridized carbons (Fsp3) is 0.238. The lowest BCUT2D eigenvalue weighted by atomic mass is 9.94. The highest BCUT2D eigenvalue weighted by Gasteiger charge is 2.41. The summed E-state index contributed by atoms with van der Waals surface area (Å²) in [4.78, 5) is 16.7. The SMILES string of the molecule is Cn1cnc(S(=O)(=O)N2CC(NC(=O)c3cccc(F)c3)C(c3ccccc3)C2)c1. The van der Waals surface area contributed by atoms with Crippen LogP contribution in [0.15, 0.2) is 72.1 Å². The third kappa shape index (κ3) is 3.99. The topological polar surface area (TPSA) is 84.3 Å². The monoisotopic (exact) mass is 428 g/mol. The first-order chi connectivity index (χ1) is 14.3. The Morgan fingerprint density at radius 1 is 1.13 bits per heavy atom. The number of sulfonamides is 1. The summed E-state index contributed by atoms with van der Waals surface area (Å²) < 4.78 is 42.5. The van der Waals surface area contributed by atoms with Crippen LogP contribution in [-0.2, 0) is 17.1 Å². The molecular formula is C21H21FN4O3S. The Kier molecular flexibility index (Phi) is 5.40. The fourth-order valence-electron chi connectivity index (χ4n) is 3.68. The van der Waals surface area contributed by atoms with Crippen LogP contribution >= 0.6 is 0 Å². The first-order valence-electron chi connectivity index (χ1n) is 9.44. The minimum Gasteiger partial charge on any atom is -0.347 e. The fourth-order valence-corrected chi connectivity index (χ4v) is 5.14. The normalized spacial score (nSPS) is 19.7. The lowest BCUT2D eigenvalue weighted by Crippen LogP contribution is -2.40. The van der Waals surface area contributed by atoms with Crippen molar-refractivity contribution >= 4 is 15.9 Å². The molecule has 1 fully saturated rings. The van der Waals surface area contributed by atoms with Crippen LogP contribution in [0.1, 0.15) is 21.8 Å². The van der Waals surface area contributed by atoms with E-state index in [-0.39, 0.29) is 29.6 Å². The molecule has 4 rings (SSSR count). The van der Waals surface area contributed by atoms with Crippen LogP contribution in [0.3, 0.4) is 0 Å². The summed E-state index contributed by atoms with van der Waals surface area (Å²) in [7, 11) is -2.11. The van der Waals surface area contributed by atoms with Gasteiger partial charge in [-0.05, 0) is 23.8 Å². The maximum atomic E-state index is 13.5. The number of aryl methyl sites for hydroxylation is 1. The molecule has 156 valence electrons. The number of imidazole rings is 1. The van der Waals surface area contributed by atoms with Gasteiger partial charge in [0.1, 0.15) is 5.82 Å². The molecule has 1 saturated heterocycles. The lowest BCUT2D eigenvalue weighted by molar-refractivity contribution is 0.0935. The summed E-state index contributed by atoms with van der Waals surface area (Å²) >= 11 is 0. The highest BCUT2D eigenvalue weighted by atomic mass is 32.2. The number of hydrogen-bond acceptors (Lipinski definition) is 4. The summed E-state index contributed by atoms with van der Waals surface area (Å²) in [6, 6.07) is 14.4. The second-order valence-corrected chi connectivity index (χ2v) is 9.19. The van der Waals surface area contributed by atoms with E-state index in [0.29, 0.717) is 0 Å². The van der Waals surface area contributed by atoms with Gasteiger partial charge in [-0.1, -0.05) is 36.4 Å². The molecule has 0 radical (unpaired) electrons. The maximum absolute atomic E-state index is 13.5. The number of aromatic nitrogens is 2. The molecule has 2 unspecified atom stereocenters. The number of amides is 1. The van der Waals surface area contributed by atoms with Crippen molar-refractivity contribution in [2.24, 2.45) is 7.05 Å². The van der Waals surface area contributed by atoms with Crippen molar-refractivity contribution in [1.29, 1.82) is 0 Å². The number of benzene rings is 2. The largest absolute Gasteiger partial charge is 0.347 e. The van der Waals surface area contributed by atoms with E-state index in [1.807, 2.05) is 30.3 Å². The van der Waals surface area contributed by atoms with Crippen LogP contribution in [0.2, 0.25) is 0 Å². The van der Waals surface area contributed by atoms with E-state index in [1.54, 1.807) is 11.6 Å². The average Bonchev–Trinajstić information content (AvgIpc) is 3.36. The molecule has 1 aliphatic rings. The zero-order valence-corrected chi connectivity index (χ0v) is 17.1.